The minimum Gasteiger partial charge on any atom is -0.380 e. The van der Waals surface area contributed by atoms with E-state index in [4.69, 9.17) is 0 Å². The van der Waals surface area contributed by atoms with Gasteiger partial charge in [0.25, 0.3) is 11.6 Å². The van der Waals surface area contributed by atoms with Gasteiger partial charge >= 0.3 is 6.18 Å². The summed E-state index contributed by atoms with van der Waals surface area (Å²) in [4.78, 5) is 33.1. The van der Waals surface area contributed by atoms with Gasteiger partial charge in [-0.05, 0) is 44.4 Å². The van der Waals surface area contributed by atoms with Crippen molar-refractivity contribution in [3.05, 3.63) is 71.0 Å². The number of halogens is 3. The molecule has 3 N–H and O–H groups in total. The third-order valence-electron chi connectivity index (χ3n) is 4.09. The minimum atomic E-state index is -4.99. The highest BCUT2D eigenvalue weighted by atomic mass is 19.4. The fourth-order valence-electron chi connectivity index (χ4n) is 2.54. The van der Waals surface area contributed by atoms with Gasteiger partial charge in [-0.25, -0.2) is 0 Å². The Bertz CT molecular complexity index is 909. The van der Waals surface area contributed by atoms with Crippen LogP contribution >= 0.6 is 0 Å². The number of anilines is 1. The summed E-state index contributed by atoms with van der Waals surface area (Å²) in [7, 11) is 0. The Kier molecular flexibility index (Phi) is 11.8. The van der Waals surface area contributed by atoms with Crippen LogP contribution < -0.4 is 10.6 Å². The van der Waals surface area contributed by atoms with E-state index in [1.54, 1.807) is 18.2 Å². The fraction of sp³-hybridized carbons (Fsp3) is 0.364. The SMILES string of the molecule is C=C.CC/C=C(\C=C/CCC(C)(O)C(=O)Nc1ccc([N+](=O)[O-])c(C(F)(F)F)c1)NC(C)=O. The molecule has 0 aliphatic heterocycles. The summed E-state index contributed by atoms with van der Waals surface area (Å²) in [6, 6.07) is 2.04. The van der Waals surface area contributed by atoms with Crippen molar-refractivity contribution in [1.82, 2.24) is 5.32 Å². The lowest BCUT2D eigenvalue weighted by Gasteiger charge is -2.22. The lowest BCUT2D eigenvalue weighted by molar-refractivity contribution is -0.388. The first-order valence-electron chi connectivity index (χ1n) is 9.81. The van der Waals surface area contributed by atoms with Gasteiger partial charge in [-0.2, -0.15) is 13.2 Å². The molecule has 0 bridgehead atoms. The fourth-order valence-corrected chi connectivity index (χ4v) is 2.54. The molecule has 33 heavy (non-hydrogen) atoms. The molecular formula is C22H28F3N3O5. The number of hydrogen-bond acceptors (Lipinski definition) is 5. The number of nitro benzene ring substituents is 1. The molecule has 8 nitrogen and oxygen atoms in total. The average molecular weight is 471 g/mol. The van der Waals surface area contributed by atoms with Crippen LogP contribution in [-0.2, 0) is 15.8 Å². The van der Waals surface area contributed by atoms with Crippen LogP contribution in [-0.4, -0.2) is 27.4 Å². The highest BCUT2D eigenvalue weighted by molar-refractivity contribution is 5.97. The van der Waals surface area contributed by atoms with Crippen LogP contribution in [0.1, 0.15) is 45.6 Å². The summed E-state index contributed by atoms with van der Waals surface area (Å²) in [5.74, 6) is -1.22. The van der Waals surface area contributed by atoms with Crippen LogP contribution in [0.3, 0.4) is 0 Å². The molecule has 1 unspecified atom stereocenters. The number of alkyl halides is 3. The number of aliphatic hydroxyl groups is 1. The number of nitro groups is 1. The molecule has 2 amide bonds. The van der Waals surface area contributed by atoms with Crippen molar-refractivity contribution in [1.29, 1.82) is 0 Å². The highest BCUT2D eigenvalue weighted by Gasteiger charge is 2.39. The average Bonchev–Trinajstić information content (AvgIpc) is 2.71. The summed E-state index contributed by atoms with van der Waals surface area (Å²) in [6.07, 6.45) is 0.875. The van der Waals surface area contributed by atoms with Crippen LogP contribution in [0.15, 0.2) is 55.3 Å². The van der Waals surface area contributed by atoms with Crippen LogP contribution in [0.2, 0.25) is 0 Å². The van der Waals surface area contributed by atoms with Crippen molar-refractivity contribution in [2.24, 2.45) is 0 Å². The maximum absolute atomic E-state index is 13.1. The zero-order valence-corrected chi connectivity index (χ0v) is 18.7. The second-order valence-electron chi connectivity index (χ2n) is 6.90. The number of benzene rings is 1. The molecule has 0 heterocycles. The Balaban J connectivity index is 0.00000497. The lowest BCUT2D eigenvalue weighted by Crippen LogP contribution is -2.39. The Morgan fingerprint density at radius 2 is 1.88 bits per heavy atom. The Morgan fingerprint density at radius 3 is 2.36 bits per heavy atom. The smallest absolute Gasteiger partial charge is 0.380 e. The molecule has 0 aliphatic carbocycles. The molecule has 11 heteroatoms. The van der Waals surface area contributed by atoms with E-state index in [0.29, 0.717) is 24.3 Å². The normalized spacial score (nSPS) is 13.5. The van der Waals surface area contributed by atoms with Crippen molar-refractivity contribution in [3.8, 4) is 0 Å². The Hall–Kier alpha value is -3.47. The number of nitrogens with one attached hydrogen (secondary N) is 2. The van der Waals surface area contributed by atoms with Gasteiger partial charge in [0, 0.05) is 24.4 Å². The van der Waals surface area contributed by atoms with E-state index >= 15 is 0 Å². The molecule has 0 spiro atoms. The maximum atomic E-state index is 13.1. The number of hydrogen-bond donors (Lipinski definition) is 3. The molecule has 0 fully saturated rings. The van der Waals surface area contributed by atoms with Gasteiger partial charge in [0.15, 0.2) is 0 Å². The molecule has 1 atom stereocenters. The van der Waals surface area contributed by atoms with Crippen LogP contribution in [0.4, 0.5) is 24.5 Å². The van der Waals surface area contributed by atoms with Crippen LogP contribution in [0.25, 0.3) is 0 Å². The quantitative estimate of drug-likeness (QED) is 0.205. The first kappa shape index (κ1) is 29.5. The van der Waals surface area contributed by atoms with Crippen molar-refractivity contribution in [3.63, 3.8) is 0 Å². The zero-order chi connectivity index (χ0) is 25.8. The molecule has 1 aromatic carbocycles. The summed E-state index contributed by atoms with van der Waals surface area (Å²) >= 11 is 0. The monoisotopic (exact) mass is 471 g/mol. The topological polar surface area (TPSA) is 122 Å². The molecular weight excluding hydrogens is 443 g/mol. The molecule has 0 saturated heterocycles. The maximum Gasteiger partial charge on any atom is 0.423 e. The summed E-state index contributed by atoms with van der Waals surface area (Å²) in [6.45, 7) is 10.4. The second-order valence-corrected chi connectivity index (χ2v) is 6.90. The van der Waals surface area contributed by atoms with Gasteiger partial charge < -0.3 is 15.7 Å². The standard InChI is InChI=1S/C20H24F3N3O5.C2H4/c1-4-7-14(24-13(2)27)8-5-6-11-19(3,29)18(28)25-15-9-10-17(26(30)31)16(12-15)20(21,22)23;1-2/h5,7-10,12,29H,4,6,11H2,1-3H3,(H,24,27)(H,25,28);1-2H2/b8-5-,14-7+;. The minimum absolute atomic E-state index is 0.0616. The largest absolute Gasteiger partial charge is 0.423 e. The molecule has 0 aliphatic rings. The van der Waals surface area contributed by atoms with E-state index in [2.05, 4.69) is 23.8 Å². The van der Waals surface area contributed by atoms with Crippen molar-refractivity contribution < 1.29 is 32.8 Å². The number of amides is 2. The summed E-state index contributed by atoms with van der Waals surface area (Å²) in [5, 5.41) is 25.9. The lowest BCUT2D eigenvalue weighted by atomic mass is 9.98. The number of nitrogens with zero attached hydrogens (tertiary/aromatic N) is 1. The summed E-state index contributed by atoms with van der Waals surface area (Å²) in [5.41, 5.74) is -4.35. The van der Waals surface area contributed by atoms with Gasteiger partial charge in [-0.3, -0.25) is 19.7 Å². The Labute approximate surface area is 190 Å². The van der Waals surface area contributed by atoms with E-state index in [1.807, 2.05) is 6.92 Å². The van der Waals surface area contributed by atoms with E-state index in [0.717, 1.165) is 6.07 Å². The second kappa shape index (κ2) is 13.2. The predicted octanol–water partition coefficient (Wildman–Crippen LogP) is 4.87. The number of carbonyl (C=O) groups excluding carboxylic acids is 2. The van der Waals surface area contributed by atoms with Gasteiger partial charge in [0.2, 0.25) is 5.91 Å². The zero-order valence-electron chi connectivity index (χ0n) is 18.7. The van der Waals surface area contributed by atoms with Gasteiger partial charge in [0.1, 0.15) is 11.2 Å². The molecule has 1 rings (SSSR count). The van der Waals surface area contributed by atoms with Crippen molar-refractivity contribution in [2.45, 2.75) is 51.8 Å². The molecule has 182 valence electrons. The van der Waals surface area contributed by atoms with Gasteiger partial charge in [-0.15, -0.1) is 13.2 Å². The highest BCUT2D eigenvalue weighted by Crippen LogP contribution is 2.37. The van der Waals surface area contributed by atoms with E-state index in [1.165, 1.54) is 13.8 Å². The molecule has 0 radical (unpaired) electrons. The van der Waals surface area contributed by atoms with Gasteiger partial charge in [0.05, 0.1) is 4.92 Å². The third kappa shape index (κ3) is 10.1. The first-order chi connectivity index (χ1) is 15.3. The summed E-state index contributed by atoms with van der Waals surface area (Å²) < 4.78 is 39.2. The van der Waals surface area contributed by atoms with Crippen LogP contribution in [0, 0.1) is 10.1 Å². The number of rotatable bonds is 9. The third-order valence-corrected chi connectivity index (χ3v) is 4.09. The van der Waals surface area contributed by atoms with E-state index in [-0.39, 0.29) is 24.4 Å². The molecule has 1 aromatic rings. The van der Waals surface area contributed by atoms with Crippen molar-refractivity contribution in [2.75, 3.05) is 5.32 Å². The van der Waals surface area contributed by atoms with Crippen molar-refractivity contribution >= 4 is 23.2 Å². The van der Waals surface area contributed by atoms with E-state index < -0.39 is 33.9 Å². The van der Waals surface area contributed by atoms with Gasteiger partial charge in [-0.1, -0.05) is 19.1 Å². The van der Waals surface area contributed by atoms with Crippen LogP contribution in [0.5, 0.6) is 0 Å². The molecule has 0 aromatic heterocycles. The number of carbonyl (C=O) groups is 2. The predicted molar refractivity (Wildman–Crippen MR) is 119 cm³/mol. The first-order valence-corrected chi connectivity index (χ1v) is 9.81. The van der Waals surface area contributed by atoms with E-state index in [9.17, 15) is 38.0 Å². The number of allylic oxidation sites excluding steroid dienone is 3. The Morgan fingerprint density at radius 1 is 1.27 bits per heavy atom. The molecule has 0 saturated carbocycles.